The lowest BCUT2D eigenvalue weighted by Gasteiger charge is -1.98. The fourth-order valence-electron chi connectivity index (χ4n) is 1.61. The van der Waals surface area contributed by atoms with E-state index in [2.05, 4.69) is 16.8 Å². The van der Waals surface area contributed by atoms with Crippen LogP contribution in [0.5, 0.6) is 0 Å². The van der Waals surface area contributed by atoms with Crippen LogP contribution in [0.15, 0.2) is 12.3 Å². The molecule has 1 aromatic heterocycles. The number of quaternary nitrogens is 1. The average molecular weight is 149 g/mol. The van der Waals surface area contributed by atoms with Crippen LogP contribution in [0.25, 0.3) is 0 Å². The highest BCUT2D eigenvalue weighted by molar-refractivity contribution is 5.28. The van der Waals surface area contributed by atoms with Crippen molar-refractivity contribution in [1.29, 1.82) is 0 Å². The second-order valence-corrected chi connectivity index (χ2v) is 3.05. The lowest BCUT2D eigenvalue weighted by molar-refractivity contribution is -0.386. The molecule has 0 amide bonds. The van der Waals surface area contributed by atoms with E-state index in [9.17, 15) is 0 Å². The van der Waals surface area contributed by atoms with E-state index in [1.807, 2.05) is 6.20 Å². The van der Waals surface area contributed by atoms with E-state index in [1.54, 1.807) is 0 Å². The normalized spacial score (nSPS) is 15.0. The van der Waals surface area contributed by atoms with Crippen molar-refractivity contribution < 1.29 is 5.73 Å². The lowest BCUT2D eigenvalue weighted by Crippen LogP contribution is -2.47. The van der Waals surface area contributed by atoms with Crippen molar-refractivity contribution in [3.05, 3.63) is 29.1 Å². The first kappa shape index (κ1) is 6.80. The minimum atomic E-state index is 0.861. The number of fused-ring (bicyclic) bond motifs is 1. The van der Waals surface area contributed by atoms with E-state index in [0.717, 1.165) is 6.54 Å². The van der Waals surface area contributed by atoms with Crippen molar-refractivity contribution in [2.24, 2.45) is 0 Å². The Hall–Kier alpha value is -0.890. The number of hydrogen-bond donors (Lipinski definition) is 1. The summed E-state index contributed by atoms with van der Waals surface area (Å²) in [6.07, 6.45) is 5.63. The summed E-state index contributed by atoms with van der Waals surface area (Å²) in [6.45, 7) is 0.861. The van der Waals surface area contributed by atoms with Gasteiger partial charge in [-0.05, 0) is 30.9 Å². The van der Waals surface area contributed by atoms with Crippen LogP contribution in [-0.2, 0) is 19.4 Å². The van der Waals surface area contributed by atoms with Crippen molar-refractivity contribution >= 4 is 0 Å². The molecule has 0 bridgehead atoms. The molecule has 0 unspecified atom stereocenters. The second-order valence-electron chi connectivity index (χ2n) is 3.05. The van der Waals surface area contributed by atoms with E-state index >= 15 is 0 Å². The van der Waals surface area contributed by atoms with Gasteiger partial charge in [0.05, 0.1) is 0 Å². The van der Waals surface area contributed by atoms with Gasteiger partial charge in [-0.2, -0.15) is 0 Å². The van der Waals surface area contributed by atoms with Crippen LogP contribution in [0, 0.1) is 0 Å². The molecule has 0 radical (unpaired) electrons. The Morgan fingerprint density at radius 3 is 3.18 bits per heavy atom. The van der Waals surface area contributed by atoms with Crippen LogP contribution in [0.1, 0.15) is 23.2 Å². The summed E-state index contributed by atoms with van der Waals surface area (Å²) in [4.78, 5) is 4.39. The fraction of sp³-hybridized carbons (Fsp3) is 0.444. The zero-order chi connectivity index (χ0) is 7.68. The quantitative estimate of drug-likeness (QED) is 0.613. The second kappa shape index (κ2) is 2.62. The standard InChI is InChI=1S/C9H12N2/c10-5-7-4-8-2-1-3-9(8)11-6-7/h4,6H,1-3,5,10H2/p+1. The Morgan fingerprint density at radius 2 is 2.36 bits per heavy atom. The molecule has 1 aliphatic carbocycles. The predicted molar refractivity (Wildman–Crippen MR) is 42.9 cm³/mol. The predicted octanol–water partition coefficient (Wildman–Crippen LogP) is 0.312. The Labute approximate surface area is 66.4 Å². The third-order valence-electron chi connectivity index (χ3n) is 2.26. The molecule has 0 atom stereocenters. The van der Waals surface area contributed by atoms with Gasteiger partial charge in [-0.15, -0.1) is 0 Å². The molecule has 1 aliphatic rings. The zero-order valence-corrected chi connectivity index (χ0v) is 6.64. The van der Waals surface area contributed by atoms with Gasteiger partial charge < -0.3 is 5.73 Å². The topological polar surface area (TPSA) is 40.5 Å². The van der Waals surface area contributed by atoms with Crippen LogP contribution < -0.4 is 5.73 Å². The highest BCUT2D eigenvalue weighted by atomic mass is 14.7. The Balaban J connectivity index is 2.41. The molecule has 3 N–H and O–H groups in total. The van der Waals surface area contributed by atoms with Gasteiger partial charge >= 0.3 is 0 Å². The smallest absolute Gasteiger partial charge is 0.101 e. The van der Waals surface area contributed by atoms with Crippen molar-refractivity contribution in [3.8, 4) is 0 Å². The van der Waals surface area contributed by atoms with Crippen molar-refractivity contribution in [3.63, 3.8) is 0 Å². The minimum Gasteiger partial charge on any atom is -0.354 e. The maximum atomic E-state index is 4.39. The summed E-state index contributed by atoms with van der Waals surface area (Å²) in [7, 11) is 0. The van der Waals surface area contributed by atoms with Crippen LogP contribution >= 0.6 is 0 Å². The summed E-state index contributed by atoms with van der Waals surface area (Å²) in [5.41, 5.74) is 7.87. The van der Waals surface area contributed by atoms with Crippen LogP contribution in [-0.4, -0.2) is 4.98 Å². The number of aromatic nitrogens is 1. The first-order chi connectivity index (χ1) is 5.40. The van der Waals surface area contributed by atoms with Gasteiger partial charge in [-0.25, -0.2) is 0 Å². The molecule has 0 saturated heterocycles. The first-order valence-electron chi connectivity index (χ1n) is 4.16. The highest BCUT2D eigenvalue weighted by Gasteiger charge is 2.11. The van der Waals surface area contributed by atoms with Gasteiger partial charge in [0.1, 0.15) is 6.54 Å². The van der Waals surface area contributed by atoms with Crippen molar-refractivity contribution in [2.45, 2.75) is 25.8 Å². The summed E-state index contributed by atoms with van der Waals surface area (Å²) in [5.74, 6) is 0. The van der Waals surface area contributed by atoms with E-state index < -0.39 is 0 Å². The molecule has 0 fully saturated rings. The SMILES string of the molecule is [NH3+]Cc1cnc2c(c1)CCC2. The summed E-state index contributed by atoms with van der Waals surface area (Å²) in [6, 6.07) is 2.25. The number of rotatable bonds is 1. The number of nitrogens with zero attached hydrogens (tertiary/aromatic N) is 1. The number of aryl methyl sites for hydroxylation is 2. The zero-order valence-electron chi connectivity index (χ0n) is 6.64. The molecular weight excluding hydrogens is 136 g/mol. The van der Waals surface area contributed by atoms with Gasteiger partial charge in [-0.1, -0.05) is 0 Å². The monoisotopic (exact) mass is 149 g/mol. The molecule has 2 heteroatoms. The van der Waals surface area contributed by atoms with Gasteiger partial charge in [0, 0.05) is 17.5 Å². The average Bonchev–Trinajstić information content (AvgIpc) is 2.50. The molecule has 0 aliphatic heterocycles. The summed E-state index contributed by atoms with van der Waals surface area (Å²) in [5, 5.41) is 0. The van der Waals surface area contributed by atoms with Gasteiger partial charge in [0.25, 0.3) is 0 Å². The molecule has 0 saturated carbocycles. The third kappa shape index (κ3) is 1.14. The van der Waals surface area contributed by atoms with Crippen LogP contribution in [0.4, 0.5) is 0 Å². The molecule has 58 valence electrons. The largest absolute Gasteiger partial charge is 0.354 e. The Morgan fingerprint density at radius 1 is 1.45 bits per heavy atom. The molecule has 1 heterocycles. The molecular formula is C9H13N2+. The number of pyridine rings is 1. The van der Waals surface area contributed by atoms with Crippen LogP contribution in [0.3, 0.4) is 0 Å². The minimum absolute atomic E-state index is 0.861. The molecule has 0 aromatic carbocycles. The summed E-state index contributed by atoms with van der Waals surface area (Å²) >= 11 is 0. The first-order valence-corrected chi connectivity index (χ1v) is 4.16. The van der Waals surface area contributed by atoms with E-state index in [4.69, 9.17) is 0 Å². The van der Waals surface area contributed by atoms with Gasteiger partial charge in [-0.3, -0.25) is 4.98 Å². The van der Waals surface area contributed by atoms with Crippen molar-refractivity contribution in [1.82, 2.24) is 4.98 Å². The summed E-state index contributed by atoms with van der Waals surface area (Å²) < 4.78 is 0. The lowest BCUT2D eigenvalue weighted by atomic mass is 10.1. The third-order valence-corrected chi connectivity index (χ3v) is 2.26. The maximum absolute atomic E-state index is 4.39. The molecule has 2 nitrogen and oxygen atoms in total. The number of hydrogen-bond acceptors (Lipinski definition) is 1. The van der Waals surface area contributed by atoms with E-state index in [1.165, 1.54) is 36.1 Å². The Bertz CT molecular complexity index is 268. The molecule has 1 aromatic rings. The fourth-order valence-corrected chi connectivity index (χ4v) is 1.61. The molecule has 2 rings (SSSR count). The van der Waals surface area contributed by atoms with E-state index in [-0.39, 0.29) is 0 Å². The van der Waals surface area contributed by atoms with Gasteiger partial charge in [0.2, 0.25) is 0 Å². The van der Waals surface area contributed by atoms with Crippen LogP contribution in [0.2, 0.25) is 0 Å². The highest BCUT2D eigenvalue weighted by Crippen LogP contribution is 2.19. The Kier molecular flexibility index (Phi) is 1.62. The maximum Gasteiger partial charge on any atom is 0.101 e. The van der Waals surface area contributed by atoms with Crippen molar-refractivity contribution in [2.75, 3.05) is 0 Å². The molecule has 0 spiro atoms. The van der Waals surface area contributed by atoms with E-state index in [0.29, 0.717) is 0 Å². The van der Waals surface area contributed by atoms with Gasteiger partial charge in [0.15, 0.2) is 0 Å². The molecule has 11 heavy (non-hydrogen) atoms.